The summed E-state index contributed by atoms with van der Waals surface area (Å²) in [5.74, 6) is -0.0151. The van der Waals surface area contributed by atoms with Gasteiger partial charge in [-0.25, -0.2) is 4.98 Å². The van der Waals surface area contributed by atoms with Crippen LogP contribution >= 0.6 is 11.6 Å². The van der Waals surface area contributed by atoms with Crippen LogP contribution in [0.5, 0.6) is 0 Å². The molecule has 0 bridgehead atoms. The minimum Gasteiger partial charge on any atom is -0.436 e. The molecule has 1 amide bonds. The number of oxazole rings is 1. The Bertz CT molecular complexity index is 1340. The normalized spacial score (nSPS) is 11.2. The van der Waals surface area contributed by atoms with Gasteiger partial charge in [0.2, 0.25) is 11.8 Å². The van der Waals surface area contributed by atoms with Crippen LogP contribution in [0.25, 0.3) is 28.6 Å². The van der Waals surface area contributed by atoms with Crippen molar-refractivity contribution >= 4 is 46.1 Å². The van der Waals surface area contributed by atoms with E-state index in [1.54, 1.807) is 30.3 Å². The zero-order chi connectivity index (χ0) is 22.0. The Kier molecular flexibility index (Phi) is 5.51. The van der Waals surface area contributed by atoms with Gasteiger partial charge in [0.05, 0.1) is 15.6 Å². The van der Waals surface area contributed by atoms with E-state index in [0.29, 0.717) is 33.3 Å². The number of nitrogens with one attached hydrogen (secondary N) is 1. The lowest BCUT2D eigenvalue weighted by Gasteiger charge is -2.06. The molecule has 0 aliphatic rings. The van der Waals surface area contributed by atoms with Gasteiger partial charge in [0.15, 0.2) is 5.58 Å². The first kappa shape index (κ1) is 20.3. The van der Waals surface area contributed by atoms with Crippen LogP contribution in [0.2, 0.25) is 5.02 Å². The number of hydrogen-bond donors (Lipinski definition) is 1. The lowest BCUT2D eigenvalue weighted by molar-refractivity contribution is -0.384. The zero-order valence-electron chi connectivity index (χ0n) is 16.3. The SMILES string of the molecule is Cc1ccc2oc(-c3ccc(Cl)c(NC(=O)/C=C/c4cccc([N+](=O)[O-])c4)c3)nc2c1. The number of benzene rings is 3. The van der Waals surface area contributed by atoms with Gasteiger partial charge in [-0.3, -0.25) is 14.9 Å². The molecule has 0 unspecified atom stereocenters. The third kappa shape index (κ3) is 4.62. The van der Waals surface area contributed by atoms with Gasteiger partial charge >= 0.3 is 0 Å². The predicted octanol–water partition coefficient (Wildman–Crippen LogP) is 6.02. The Hall–Kier alpha value is -3.97. The maximum absolute atomic E-state index is 12.4. The summed E-state index contributed by atoms with van der Waals surface area (Å²) >= 11 is 6.24. The van der Waals surface area contributed by atoms with Gasteiger partial charge in [-0.1, -0.05) is 29.8 Å². The number of nitro groups is 1. The van der Waals surface area contributed by atoms with Gasteiger partial charge in [-0.2, -0.15) is 0 Å². The Morgan fingerprint density at radius 2 is 2.00 bits per heavy atom. The molecule has 8 heteroatoms. The number of aromatic nitrogens is 1. The van der Waals surface area contributed by atoms with Gasteiger partial charge in [0, 0.05) is 23.8 Å². The van der Waals surface area contributed by atoms with Crippen LogP contribution in [0, 0.1) is 17.0 Å². The highest BCUT2D eigenvalue weighted by molar-refractivity contribution is 6.34. The van der Waals surface area contributed by atoms with Crippen molar-refractivity contribution in [2.45, 2.75) is 6.92 Å². The van der Waals surface area contributed by atoms with Crippen LogP contribution in [0.3, 0.4) is 0 Å². The lowest BCUT2D eigenvalue weighted by Crippen LogP contribution is -2.08. The summed E-state index contributed by atoms with van der Waals surface area (Å²) in [6.45, 7) is 1.98. The molecular weight excluding hydrogens is 418 g/mol. The third-order valence-corrected chi connectivity index (χ3v) is 4.85. The summed E-state index contributed by atoms with van der Waals surface area (Å²) in [6.07, 6.45) is 2.77. The highest BCUT2D eigenvalue weighted by atomic mass is 35.5. The molecule has 0 aliphatic heterocycles. The molecule has 0 fully saturated rings. The van der Waals surface area contributed by atoms with Crippen LogP contribution in [0.15, 0.2) is 71.2 Å². The number of fused-ring (bicyclic) bond motifs is 1. The first-order chi connectivity index (χ1) is 14.9. The van der Waals surface area contributed by atoms with Crippen LogP contribution in [-0.2, 0) is 4.79 Å². The number of aryl methyl sites for hydroxylation is 1. The highest BCUT2D eigenvalue weighted by Crippen LogP contribution is 2.30. The van der Waals surface area contributed by atoms with E-state index in [4.69, 9.17) is 16.0 Å². The average Bonchev–Trinajstić information content (AvgIpc) is 3.17. The lowest BCUT2D eigenvalue weighted by atomic mass is 10.2. The maximum atomic E-state index is 12.4. The van der Waals surface area contributed by atoms with Crippen molar-refractivity contribution in [3.05, 3.63) is 93.0 Å². The van der Waals surface area contributed by atoms with Crippen molar-refractivity contribution in [1.82, 2.24) is 4.98 Å². The molecule has 4 rings (SSSR count). The number of halogens is 1. The largest absolute Gasteiger partial charge is 0.436 e. The van der Waals surface area contributed by atoms with Crippen molar-refractivity contribution in [2.75, 3.05) is 5.32 Å². The van der Waals surface area contributed by atoms with Gasteiger partial charge in [0.25, 0.3) is 5.69 Å². The fourth-order valence-corrected chi connectivity index (χ4v) is 3.17. The number of rotatable bonds is 5. The Morgan fingerprint density at radius 1 is 1.16 bits per heavy atom. The number of anilines is 1. The number of nitro benzene ring substituents is 1. The number of nitrogens with zero attached hydrogens (tertiary/aromatic N) is 2. The molecule has 1 heterocycles. The van der Waals surface area contributed by atoms with E-state index >= 15 is 0 Å². The molecule has 1 aromatic heterocycles. The van der Waals surface area contributed by atoms with E-state index in [2.05, 4.69) is 10.3 Å². The molecule has 0 radical (unpaired) electrons. The molecule has 1 N–H and O–H groups in total. The number of amides is 1. The smallest absolute Gasteiger partial charge is 0.270 e. The molecule has 0 saturated carbocycles. The second kappa shape index (κ2) is 8.41. The van der Waals surface area contributed by atoms with E-state index in [0.717, 1.165) is 11.1 Å². The number of carbonyl (C=O) groups is 1. The molecule has 0 saturated heterocycles. The quantitative estimate of drug-likeness (QED) is 0.236. The van der Waals surface area contributed by atoms with Crippen molar-refractivity contribution in [3.63, 3.8) is 0 Å². The minimum atomic E-state index is -0.490. The molecule has 0 atom stereocenters. The Labute approximate surface area is 182 Å². The summed E-state index contributed by atoms with van der Waals surface area (Å²) in [5.41, 5.74) is 4.03. The molecule has 3 aromatic carbocycles. The van der Waals surface area contributed by atoms with Crippen molar-refractivity contribution in [3.8, 4) is 11.5 Å². The number of carbonyl (C=O) groups excluding carboxylic acids is 1. The highest BCUT2D eigenvalue weighted by Gasteiger charge is 2.12. The van der Waals surface area contributed by atoms with Gasteiger partial charge in [0.1, 0.15) is 5.52 Å². The molecular formula is C23H16ClN3O4. The van der Waals surface area contributed by atoms with Gasteiger partial charge in [-0.15, -0.1) is 0 Å². The molecule has 7 nitrogen and oxygen atoms in total. The Morgan fingerprint density at radius 3 is 2.81 bits per heavy atom. The summed E-state index contributed by atoms with van der Waals surface area (Å²) in [7, 11) is 0. The van der Waals surface area contributed by atoms with E-state index in [-0.39, 0.29) is 5.69 Å². The molecule has 0 spiro atoms. The summed E-state index contributed by atoms with van der Waals surface area (Å²) in [6, 6.07) is 16.8. The second-order valence-electron chi connectivity index (χ2n) is 6.86. The summed E-state index contributed by atoms with van der Waals surface area (Å²) in [5, 5.41) is 13.9. The number of hydrogen-bond acceptors (Lipinski definition) is 5. The summed E-state index contributed by atoms with van der Waals surface area (Å²) in [4.78, 5) is 27.2. The van der Waals surface area contributed by atoms with Gasteiger partial charge < -0.3 is 9.73 Å². The first-order valence-corrected chi connectivity index (χ1v) is 9.67. The topological polar surface area (TPSA) is 98.3 Å². The Balaban J connectivity index is 1.55. The molecule has 31 heavy (non-hydrogen) atoms. The molecule has 154 valence electrons. The van der Waals surface area contributed by atoms with Crippen LogP contribution in [0.4, 0.5) is 11.4 Å². The maximum Gasteiger partial charge on any atom is 0.270 e. The van der Waals surface area contributed by atoms with Gasteiger partial charge in [-0.05, 0) is 54.5 Å². The van der Waals surface area contributed by atoms with E-state index in [1.807, 2.05) is 25.1 Å². The van der Waals surface area contributed by atoms with Crippen molar-refractivity contribution in [1.29, 1.82) is 0 Å². The monoisotopic (exact) mass is 433 g/mol. The van der Waals surface area contributed by atoms with E-state index < -0.39 is 10.8 Å². The first-order valence-electron chi connectivity index (χ1n) is 9.30. The van der Waals surface area contributed by atoms with E-state index in [1.165, 1.54) is 24.3 Å². The van der Waals surface area contributed by atoms with Crippen molar-refractivity contribution in [2.24, 2.45) is 0 Å². The fraction of sp³-hybridized carbons (Fsp3) is 0.0435. The fourth-order valence-electron chi connectivity index (χ4n) is 3.00. The van der Waals surface area contributed by atoms with Crippen LogP contribution in [0.1, 0.15) is 11.1 Å². The van der Waals surface area contributed by atoms with Crippen LogP contribution in [-0.4, -0.2) is 15.8 Å². The van der Waals surface area contributed by atoms with Crippen LogP contribution < -0.4 is 5.32 Å². The van der Waals surface area contributed by atoms with Crippen molar-refractivity contribution < 1.29 is 14.1 Å². The predicted molar refractivity (Wildman–Crippen MR) is 120 cm³/mol. The third-order valence-electron chi connectivity index (χ3n) is 4.52. The summed E-state index contributed by atoms with van der Waals surface area (Å²) < 4.78 is 5.81. The molecule has 0 aliphatic carbocycles. The van der Waals surface area contributed by atoms with E-state index in [9.17, 15) is 14.9 Å². The standard InChI is InChI=1S/C23H16ClN3O4/c1-14-5-9-21-20(11-14)26-23(31-21)16-7-8-18(24)19(13-16)25-22(28)10-6-15-3-2-4-17(12-15)27(29)30/h2-13H,1H3,(H,25,28)/b10-6+. The second-order valence-corrected chi connectivity index (χ2v) is 7.27. The average molecular weight is 434 g/mol. The number of non-ortho nitro benzene ring substituents is 1. The minimum absolute atomic E-state index is 0.0492. The molecule has 4 aromatic rings. The zero-order valence-corrected chi connectivity index (χ0v) is 17.1.